The molecule has 0 amide bonds. The quantitative estimate of drug-likeness (QED) is 0.508. The van der Waals surface area contributed by atoms with E-state index < -0.39 is 0 Å². The second-order valence-electron chi connectivity index (χ2n) is 4.75. The first-order valence-corrected chi connectivity index (χ1v) is 8.95. The molecule has 0 fully saturated rings. The maximum atomic E-state index is 12.8. The van der Waals surface area contributed by atoms with Gasteiger partial charge in [-0.2, -0.15) is 0 Å². The van der Waals surface area contributed by atoms with Gasteiger partial charge in [-0.25, -0.2) is 0 Å². The van der Waals surface area contributed by atoms with Gasteiger partial charge in [0, 0.05) is 0 Å². The number of benzene rings is 3. The zero-order valence-corrected chi connectivity index (χ0v) is 14.2. The fourth-order valence-electron chi connectivity index (χ4n) is 2.13. The molecule has 0 aromatic heterocycles. The van der Waals surface area contributed by atoms with Crippen LogP contribution in [0.25, 0.3) is 0 Å². The van der Waals surface area contributed by atoms with Crippen molar-refractivity contribution in [3.05, 3.63) is 95.0 Å². The number of carbonyl (C=O) groups is 1. The number of rotatable bonds is 4. The minimum atomic E-state index is 0.0240. The average molecular weight is 372 g/mol. The van der Waals surface area contributed by atoms with Crippen LogP contribution >= 0.6 is 11.6 Å². The van der Waals surface area contributed by atoms with E-state index in [2.05, 4.69) is 12.1 Å². The summed E-state index contributed by atoms with van der Waals surface area (Å²) in [6.07, 6.45) is 0. The van der Waals surface area contributed by atoms with E-state index in [0.29, 0.717) is 16.1 Å². The molecule has 0 atom stereocenters. The van der Waals surface area contributed by atoms with Gasteiger partial charge in [0.15, 0.2) is 0 Å². The summed E-state index contributed by atoms with van der Waals surface area (Å²) >= 11 is 6.18. The molecule has 3 aromatic rings. The molecule has 0 N–H and O–H groups in total. The van der Waals surface area contributed by atoms with Crippen molar-refractivity contribution in [1.82, 2.24) is 0 Å². The number of ketones is 1. The van der Waals surface area contributed by atoms with Gasteiger partial charge in [-0.05, 0) is 0 Å². The Morgan fingerprint density at radius 1 is 0.818 bits per heavy atom. The van der Waals surface area contributed by atoms with Crippen LogP contribution < -0.4 is 8.92 Å². The summed E-state index contributed by atoms with van der Waals surface area (Å²) in [5, 5.41) is 0.590. The third-order valence-electron chi connectivity index (χ3n) is 3.19. The predicted octanol–water partition coefficient (Wildman–Crippen LogP) is 3.23. The third-order valence-corrected chi connectivity index (χ3v) is 5.70. The first-order chi connectivity index (χ1) is 10.7. The van der Waals surface area contributed by atoms with Gasteiger partial charge in [-0.15, -0.1) is 0 Å². The van der Waals surface area contributed by atoms with Crippen molar-refractivity contribution >= 4 is 41.3 Å². The predicted molar refractivity (Wildman–Crippen MR) is 92.8 cm³/mol. The van der Waals surface area contributed by atoms with Crippen LogP contribution in [0.4, 0.5) is 0 Å². The summed E-state index contributed by atoms with van der Waals surface area (Å²) in [4.78, 5) is 12.8. The molecule has 0 aliphatic heterocycles. The summed E-state index contributed by atoms with van der Waals surface area (Å²) in [7, 11) is 0. The fraction of sp³-hybridized carbons (Fsp3) is 0. The van der Waals surface area contributed by atoms with Crippen molar-refractivity contribution in [2.45, 2.75) is 0 Å². The normalized spacial score (nSPS) is 10.4. The van der Waals surface area contributed by atoms with Gasteiger partial charge in [0.05, 0.1) is 0 Å². The summed E-state index contributed by atoms with van der Waals surface area (Å²) in [6.45, 7) is 0. The van der Waals surface area contributed by atoms with E-state index in [4.69, 9.17) is 11.6 Å². The van der Waals surface area contributed by atoms with Gasteiger partial charge in [0.25, 0.3) is 0 Å². The Balaban J connectivity index is 2.00. The van der Waals surface area contributed by atoms with Crippen LogP contribution in [0.2, 0.25) is 5.02 Å². The van der Waals surface area contributed by atoms with Crippen LogP contribution in [-0.4, -0.2) is 20.7 Å². The molecular weight excluding hydrogens is 359 g/mol. The molecule has 0 aliphatic rings. The van der Waals surface area contributed by atoms with Crippen LogP contribution in [0.1, 0.15) is 15.9 Å². The van der Waals surface area contributed by atoms with Crippen molar-refractivity contribution in [3.63, 3.8) is 0 Å². The number of carbonyl (C=O) groups excluding carboxylic acids is 1. The zero-order valence-electron chi connectivity index (χ0n) is 11.7. The fourth-order valence-corrected chi connectivity index (χ4v) is 4.28. The van der Waals surface area contributed by atoms with Crippen LogP contribution in [0.5, 0.6) is 0 Å². The Labute approximate surface area is 141 Å². The van der Waals surface area contributed by atoms with Crippen molar-refractivity contribution < 1.29 is 4.79 Å². The molecule has 3 rings (SSSR count). The zero-order chi connectivity index (χ0) is 15.4. The van der Waals surface area contributed by atoms with Gasteiger partial charge in [0.2, 0.25) is 0 Å². The summed E-state index contributed by atoms with van der Waals surface area (Å²) in [5.74, 6) is 0.0240. The van der Waals surface area contributed by atoms with Gasteiger partial charge >= 0.3 is 141 Å². The van der Waals surface area contributed by atoms with Crippen LogP contribution in [-0.2, 0) is 0 Å². The number of hydrogen-bond acceptors (Lipinski definition) is 1. The molecule has 0 unspecified atom stereocenters. The van der Waals surface area contributed by atoms with Crippen molar-refractivity contribution in [2.75, 3.05) is 0 Å². The molecule has 0 spiro atoms. The van der Waals surface area contributed by atoms with E-state index in [1.54, 1.807) is 6.07 Å². The Morgan fingerprint density at radius 3 is 2.14 bits per heavy atom. The van der Waals surface area contributed by atoms with Gasteiger partial charge in [-0.1, -0.05) is 0 Å². The van der Waals surface area contributed by atoms with Crippen LogP contribution in [0.15, 0.2) is 78.9 Å². The van der Waals surface area contributed by atoms with Crippen molar-refractivity contribution in [3.8, 4) is 0 Å². The molecule has 22 heavy (non-hydrogen) atoms. The Morgan fingerprint density at radius 2 is 1.45 bits per heavy atom. The van der Waals surface area contributed by atoms with Gasteiger partial charge in [-0.3, -0.25) is 0 Å². The molecule has 0 radical (unpaired) electrons. The third kappa shape index (κ3) is 3.48. The SMILES string of the molecule is O=C(c1ccccc1)c1cc(Cl)ccc1[Se]c1ccccc1. The topological polar surface area (TPSA) is 17.1 Å². The molecule has 0 bridgehead atoms. The van der Waals surface area contributed by atoms with Crippen molar-refractivity contribution in [1.29, 1.82) is 0 Å². The van der Waals surface area contributed by atoms with E-state index in [1.165, 1.54) is 4.46 Å². The maximum absolute atomic E-state index is 12.8. The summed E-state index contributed by atoms with van der Waals surface area (Å²) in [5.41, 5.74) is 1.39. The molecule has 3 heteroatoms. The molecule has 3 aromatic carbocycles. The Kier molecular flexibility index (Phi) is 4.74. The van der Waals surface area contributed by atoms with Gasteiger partial charge < -0.3 is 0 Å². The first-order valence-electron chi connectivity index (χ1n) is 6.86. The molecule has 108 valence electrons. The molecule has 0 saturated carbocycles. The van der Waals surface area contributed by atoms with Crippen molar-refractivity contribution in [2.24, 2.45) is 0 Å². The minimum absolute atomic E-state index is 0.0240. The summed E-state index contributed by atoms with van der Waals surface area (Å²) in [6, 6.07) is 25.1. The van der Waals surface area contributed by atoms with E-state index >= 15 is 0 Å². The summed E-state index contributed by atoms with van der Waals surface area (Å²) < 4.78 is 2.29. The van der Waals surface area contributed by atoms with Gasteiger partial charge in [0.1, 0.15) is 0 Å². The average Bonchev–Trinajstić information content (AvgIpc) is 2.57. The second kappa shape index (κ2) is 6.93. The number of hydrogen-bond donors (Lipinski definition) is 0. The Hall–Kier alpha value is -1.86. The first kappa shape index (κ1) is 15.1. The van der Waals surface area contributed by atoms with E-state index in [1.807, 2.05) is 60.7 Å². The molecule has 1 nitrogen and oxygen atoms in total. The standard InChI is InChI=1S/C19H13ClOSe/c20-15-11-12-18(22-16-9-5-2-6-10-16)17(13-15)19(21)14-7-3-1-4-8-14/h1-13H. The van der Waals surface area contributed by atoms with Crippen LogP contribution in [0, 0.1) is 0 Å². The molecule has 0 saturated heterocycles. The van der Waals surface area contributed by atoms with E-state index in [0.717, 1.165) is 4.46 Å². The molecular formula is C19H13ClOSe. The second-order valence-corrected chi connectivity index (χ2v) is 7.53. The molecule has 0 aliphatic carbocycles. The number of halogens is 1. The molecule has 0 heterocycles. The van der Waals surface area contributed by atoms with Crippen LogP contribution in [0.3, 0.4) is 0 Å². The van der Waals surface area contributed by atoms with E-state index in [9.17, 15) is 4.79 Å². The van der Waals surface area contributed by atoms with E-state index in [-0.39, 0.29) is 20.7 Å². The Bertz CT molecular complexity index is 785. The monoisotopic (exact) mass is 372 g/mol.